The minimum Gasteiger partial charge on any atom is -0.350 e. The van der Waals surface area contributed by atoms with E-state index in [0.29, 0.717) is 12.1 Å². The third kappa shape index (κ3) is 4.71. The van der Waals surface area contributed by atoms with Crippen molar-refractivity contribution in [1.82, 2.24) is 20.4 Å². The molecule has 2 aromatic carbocycles. The molecule has 3 aromatic rings. The van der Waals surface area contributed by atoms with Gasteiger partial charge in [0.15, 0.2) is 0 Å². The van der Waals surface area contributed by atoms with Gasteiger partial charge >= 0.3 is 0 Å². The third-order valence-corrected chi connectivity index (χ3v) is 4.90. The predicted octanol–water partition coefficient (Wildman–Crippen LogP) is 3.23. The maximum absolute atomic E-state index is 12.5. The minimum absolute atomic E-state index is 0.239. The largest absolute Gasteiger partial charge is 0.350 e. The van der Waals surface area contributed by atoms with Crippen molar-refractivity contribution in [1.29, 1.82) is 0 Å². The Bertz CT molecular complexity index is 1020. The molecule has 0 aliphatic rings. The fraction of sp³-hybridized carbons (Fsp3) is 0.261. The molecule has 0 aliphatic carbocycles. The first-order chi connectivity index (χ1) is 13.9. The summed E-state index contributed by atoms with van der Waals surface area (Å²) < 4.78 is 1.87. The lowest BCUT2D eigenvalue weighted by molar-refractivity contribution is -0.122. The van der Waals surface area contributed by atoms with Crippen LogP contribution >= 0.6 is 0 Å². The molecule has 0 radical (unpaired) electrons. The third-order valence-electron chi connectivity index (χ3n) is 4.90. The van der Waals surface area contributed by atoms with E-state index in [1.807, 2.05) is 67.9 Å². The highest BCUT2D eigenvalue weighted by Crippen LogP contribution is 2.17. The number of nitrogens with zero attached hydrogens (tertiary/aromatic N) is 2. The zero-order chi connectivity index (χ0) is 21.0. The lowest BCUT2D eigenvalue weighted by atomic mass is 10.1. The molecule has 29 heavy (non-hydrogen) atoms. The summed E-state index contributed by atoms with van der Waals surface area (Å²) in [6.45, 7) is 7.87. The number of carbonyl (C=O) groups excluding carboxylic acids is 2. The fourth-order valence-electron chi connectivity index (χ4n) is 3.21. The molecule has 3 rings (SSSR count). The van der Waals surface area contributed by atoms with Crippen LogP contribution in [0.25, 0.3) is 5.69 Å². The summed E-state index contributed by atoms with van der Waals surface area (Å²) in [5.74, 6) is -0.502. The molecule has 0 unspecified atom stereocenters. The number of hydrogen-bond acceptors (Lipinski definition) is 3. The SMILES string of the molecule is Cc1cccc(C(=O)N[C@@H](C)C(=O)NCc2c(C)nn(-c3ccccc3)c2C)c1. The maximum atomic E-state index is 12.5. The van der Waals surface area contributed by atoms with Gasteiger partial charge < -0.3 is 10.6 Å². The molecule has 6 heteroatoms. The maximum Gasteiger partial charge on any atom is 0.251 e. The highest BCUT2D eigenvalue weighted by molar-refractivity contribution is 5.97. The average Bonchev–Trinajstić information content (AvgIpc) is 3.00. The van der Waals surface area contributed by atoms with Gasteiger partial charge in [-0.15, -0.1) is 0 Å². The number of nitrogens with one attached hydrogen (secondary N) is 2. The Morgan fingerprint density at radius 1 is 1.03 bits per heavy atom. The number of benzene rings is 2. The van der Waals surface area contributed by atoms with E-state index in [-0.39, 0.29) is 11.8 Å². The highest BCUT2D eigenvalue weighted by Gasteiger charge is 2.18. The number of carbonyl (C=O) groups is 2. The van der Waals surface area contributed by atoms with Gasteiger partial charge in [0.25, 0.3) is 5.91 Å². The number of rotatable bonds is 6. The van der Waals surface area contributed by atoms with Gasteiger partial charge in [-0.1, -0.05) is 35.9 Å². The summed E-state index contributed by atoms with van der Waals surface area (Å²) in [6, 6.07) is 16.5. The van der Waals surface area contributed by atoms with Crippen LogP contribution in [-0.2, 0) is 11.3 Å². The number of amides is 2. The van der Waals surface area contributed by atoms with Crippen molar-refractivity contribution < 1.29 is 9.59 Å². The van der Waals surface area contributed by atoms with Crippen molar-refractivity contribution in [3.63, 3.8) is 0 Å². The molecule has 1 atom stereocenters. The summed E-state index contributed by atoms with van der Waals surface area (Å²) in [7, 11) is 0. The van der Waals surface area contributed by atoms with E-state index in [9.17, 15) is 9.59 Å². The van der Waals surface area contributed by atoms with Crippen molar-refractivity contribution in [2.24, 2.45) is 0 Å². The molecule has 0 bridgehead atoms. The van der Waals surface area contributed by atoms with E-state index in [1.54, 1.807) is 19.1 Å². The Hall–Kier alpha value is -3.41. The summed E-state index contributed by atoms with van der Waals surface area (Å²) in [5, 5.41) is 10.2. The molecule has 0 saturated heterocycles. The van der Waals surface area contributed by atoms with Crippen LogP contribution in [0.2, 0.25) is 0 Å². The Morgan fingerprint density at radius 3 is 2.45 bits per heavy atom. The van der Waals surface area contributed by atoms with Gasteiger partial charge in [0.2, 0.25) is 5.91 Å². The van der Waals surface area contributed by atoms with Crippen molar-refractivity contribution in [2.75, 3.05) is 0 Å². The number of para-hydroxylation sites is 1. The van der Waals surface area contributed by atoms with Gasteiger partial charge in [0.1, 0.15) is 6.04 Å². The van der Waals surface area contributed by atoms with Crippen LogP contribution in [0.15, 0.2) is 54.6 Å². The van der Waals surface area contributed by atoms with Crippen LogP contribution in [-0.4, -0.2) is 27.6 Å². The van der Waals surface area contributed by atoms with Gasteiger partial charge in [-0.05, 0) is 52.0 Å². The van der Waals surface area contributed by atoms with Gasteiger partial charge in [0, 0.05) is 23.4 Å². The fourth-order valence-corrected chi connectivity index (χ4v) is 3.21. The Kier molecular flexibility index (Phi) is 6.12. The second kappa shape index (κ2) is 8.73. The van der Waals surface area contributed by atoms with E-state index in [1.165, 1.54) is 0 Å². The first-order valence-corrected chi connectivity index (χ1v) is 9.62. The Balaban J connectivity index is 1.63. The van der Waals surface area contributed by atoms with Gasteiger partial charge in [-0.25, -0.2) is 4.68 Å². The topological polar surface area (TPSA) is 76.0 Å². The van der Waals surface area contributed by atoms with Crippen LogP contribution in [0.5, 0.6) is 0 Å². The zero-order valence-corrected chi connectivity index (χ0v) is 17.2. The van der Waals surface area contributed by atoms with E-state index in [0.717, 1.165) is 28.2 Å². The highest BCUT2D eigenvalue weighted by atomic mass is 16.2. The molecular formula is C23H26N4O2. The normalized spacial score (nSPS) is 11.7. The molecule has 2 amide bonds. The summed E-state index contributed by atoms with van der Waals surface area (Å²) >= 11 is 0. The molecule has 0 spiro atoms. The van der Waals surface area contributed by atoms with Crippen LogP contribution in [0.3, 0.4) is 0 Å². The smallest absolute Gasteiger partial charge is 0.251 e. The number of hydrogen-bond donors (Lipinski definition) is 2. The van der Waals surface area contributed by atoms with Crippen molar-refractivity contribution in [3.8, 4) is 5.69 Å². The Morgan fingerprint density at radius 2 is 1.76 bits per heavy atom. The van der Waals surface area contributed by atoms with Gasteiger partial charge in [0.05, 0.1) is 11.4 Å². The zero-order valence-electron chi connectivity index (χ0n) is 17.2. The standard InChI is InChI=1S/C23H26N4O2/c1-15-9-8-10-19(13-15)23(29)25-17(3)22(28)24-14-21-16(2)26-27(18(21)4)20-11-6-5-7-12-20/h5-13,17H,14H2,1-4H3,(H,24,28)(H,25,29)/t17-/m0/s1. The summed E-state index contributed by atoms with van der Waals surface area (Å²) in [5.41, 5.74) is 5.33. The lowest BCUT2D eigenvalue weighted by Crippen LogP contribution is -2.44. The number of aromatic nitrogens is 2. The molecule has 0 aliphatic heterocycles. The molecule has 0 saturated carbocycles. The van der Waals surface area contributed by atoms with Gasteiger partial charge in [-0.3, -0.25) is 9.59 Å². The van der Waals surface area contributed by atoms with Crippen LogP contribution in [0.1, 0.15) is 39.8 Å². The van der Waals surface area contributed by atoms with Crippen molar-refractivity contribution in [3.05, 3.63) is 82.7 Å². The van der Waals surface area contributed by atoms with E-state index < -0.39 is 6.04 Å². The molecular weight excluding hydrogens is 364 g/mol. The quantitative estimate of drug-likeness (QED) is 0.678. The Labute approximate surface area is 170 Å². The molecule has 6 nitrogen and oxygen atoms in total. The van der Waals surface area contributed by atoms with Gasteiger partial charge in [-0.2, -0.15) is 5.10 Å². The van der Waals surface area contributed by atoms with E-state index >= 15 is 0 Å². The first-order valence-electron chi connectivity index (χ1n) is 9.62. The molecule has 2 N–H and O–H groups in total. The summed E-state index contributed by atoms with van der Waals surface area (Å²) in [4.78, 5) is 24.8. The lowest BCUT2D eigenvalue weighted by Gasteiger charge is -2.14. The molecule has 150 valence electrons. The number of aryl methyl sites for hydroxylation is 2. The first kappa shape index (κ1) is 20.3. The summed E-state index contributed by atoms with van der Waals surface area (Å²) in [6.07, 6.45) is 0. The van der Waals surface area contributed by atoms with Crippen LogP contribution in [0.4, 0.5) is 0 Å². The minimum atomic E-state index is -0.646. The van der Waals surface area contributed by atoms with Crippen LogP contribution in [0, 0.1) is 20.8 Å². The van der Waals surface area contributed by atoms with Crippen molar-refractivity contribution >= 4 is 11.8 Å². The van der Waals surface area contributed by atoms with Crippen LogP contribution < -0.4 is 10.6 Å². The second-order valence-corrected chi connectivity index (χ2v) is 7.18. The monoisotopic (exact) mass is 390 g/mol. The molecule has 1 heterocycles. The van der Waals surface area contributed by atoms with E-state index in [4.69, 9.17) is 0 Å². The molecule has 0 fully saturated rings. The average molecular weight is 390 g/mol. The molecule has 1 aromatic heterocycles. The second-order valence-electron chi connectivity index (χ2n) is 7.18. The predicted molar refractivity (Wildman–Crippen MR) is 113 cm³/mol. The van der Waals surface area contributed by atoms with Crippen molar-refractivity contribution in [2.45, 2.75) is 40.3 Å². The van der Waals surface area contributed by atoms with E-state index in [2.05, 4.69) is 15.7 Å².